The first-order valence-electron chi connectivity index (χ1n) is 4.20. The number of hydrogen-bond acceptors (Lipinski definition) is 2. The lowest BCUT2D eigenvalue weighted by Crippen LogP contribution is -2.18. The smallest absolute Gasteiger partial charge is 0.0485 e. The predicted octanol–water partition coefficient (Wildman–Crippen LogP) is 2.62. The van der Waals surface area contributed by atoms with Crippen LogP contribution >= 0.6 is 11.3 Å². The van der Waals surface area contributed by atoms with Crippen LogP contribution in [0.3, 0.4) is 0 Å². The van der Waals surface area contributed by atoms with Crippen LogP contribution in [-0.2, 0) is 6.42 Å². The van der Waals surface area contributed by atoms with E-state index < -0.39 is 0 Å². The minimum atomic E-state index is 0.0251. The van der Waals surface area contributed by atoms with Gasteiger partial charge in [0.25, 0.3) is 0 Å². The topological polar surface area (TPSA) is 20.2 Å². The van der Waals surface area contributed by atoms with Crippen LogP contribution in [0.4, 0.5) is 0 Å². The van der Waals surface area contributed by atoms with Crippen molar-refractivity contribution in [1.82, 2.24) is 0 Å². The average Bonchev–Trinajstić information content (AvgIpc) is 2.35. The van der Waals surface area contributed by atoms with Crippen LogP contribution in [0.15, 0.2) is 12.1 Å². The monoisotopic (exact) mass is 184 g/mol. The highest BCUT2D eigenvalue weighted by atomic mass is 32.1. The summed E-state index contributed by atoms with van der Waals surface area (Å²) in [5.41, 5.74) is 0.0251. The molecular weight excluding hydrogens is 168 g/mol. The summed E-state index contributed by atoms with van der Waals surface area (Å²) in [6, 6.07) is 4.28. The van der Waals surface area contributed by atoms with Crippen molar-refractivity contribution in [3.8, 4) is 0 Å². The molecule has 2 heteroatoms. The van der Waals surface area contributed by atoms with Gasteiger partial charge in [-0.2, -0.15) is 0 Å². The van der Waals surface area contributed by atoms with Crippen molar-refractivity contribution < 1.29 is 5.11 Å². The van der Waals surface area contributed by atoms with Crippen LogP contribution in [-0.4, -0.2) is 11.7 Å². The molecule has 0 amide bonds. The van der Waals surface area contributed by atoms with E-state index in [9.17, 15) is 0 Å². The third-order valence-corrected chi connectivity index (χ3v) is 2.88. The zero-order valence-electron chi connectivity index (χ0n) is 7.92. The summed E-state index contributed by atoms with van der Waals surface area (Å²) < 4.78 is 0. The molecule has 0 radical (unpaired) electrons. The van der Waals surface area contributed by atoms with E-state index >= 15 is 0 Å². The molecule has 1 aromatic heterocycles. The molecule has 0 aliphatic rings. The summed E-state index contributed by atoms with van der Waals surface area (Å²) in [6.07, 6.45) is 0.974. The lowest BCUT2D eigenvalue weighted by molar-refractivity contribution is 0.160. The summed E-state index contributed by atoms with van der Waals surface area (Å²) in [5.74, 6) is 0. The Labute approximate surface area is 78.1 Å². The number of hydrogen-bond donors (Lipinski definition) is 1. The Morgan fingerprint density at radius 1 is 1.42 bits per heavy atom. The van der Waals surface area contributed by atoms with Crippen molar-refractivity contribution in [1.29, 1.82) is 0 Å². The molecule has 0 aromatic carbocycles. The Kier molecular flexibility index (Phi) is 2.91. The van der Waals surface area contributed by atoms with Gasteiger partial charge in [-0.25, -0.2) is 0 Å². The van der Waals surface area contributed by atoms with Crippen LogP contribution in [0.5, 0.6) is 0 Å². The summed E-state index contributed by atoms with van der Waals surface area (Å²) in [7, 11) is 0. The molecule has 0 atom stereocenters. The minimum Gasteiger partial charge on any atom is -0.396 e. The highest BCUT2D eigenvalue weighted by molar-refractivity contribution is 7.11. The standard InChI is InChI=1S/C10H16OS/c1-8-4-5-9(12-8)6-10(2,3)7-11/h4-5,11H,6-7H2,1-3H3. The molecule has 0 aliphatic carbocycles. The summed E-state index contributed by atoms with van der Waals surface area (Å²) >= 11 is 1.82. The summed E-state index contributed by atoms with van der Waals surface area (Å²) in [5, 5.41) is 9.07. The zero-order chi connectivity index (χ0) is 9.19. The molecule has 0 unspecified atom stereocenters. The second-order valence-electron chi connectivity index (χ2n) is 4.01. The Hall–Kier alpha value is -0.340. The molecular formula is C10H16OS. The van der Waals surface area contributed by atoms with Gasteiger partial charge < -0.3 is 5.11 Å². The Balaban J connectivity index is 2.63. The van der Waals surface area contributed by atoms with Gasteiger partial charge in [0.15, 0.2) is 0 Å². The number of rotatable bonds is 3. The predicted molar refractivity (Wildman–Crippen MR) is 53.6 cm³/mol. The van der Waals surface area contributed by atoms with Gasteiger partial charge in [0.1, 0.15) is 0 Å². The van der Waals surface area contributed by atoms with Gasteiger partial charge in [0, 0.05) is 16.4 Å². The van der Waals surface area contributed by atoms with Crippen LogP contribution < -0.4 is 0 Å². The van der Waals surface area contributed by atoms with E-state index in [-0.39, 0.29) is 12.0 Å². The van der Waals surface area contributed by atoms with Crippen molar-refractivity contribution in [2.24, 2.45) is 5.41 Å². The van der Waals surface area contributed by atoms with Crippen molar-refractivity contribution in [2.75, 3.05) is 6.61 Å². The lowest BCUT2D eigenvalue weighted by Gasteiger charge is -2.20. The Morgan fingerprint density at radius 2 is 2.08 bits per heavy atom. The number of aliphatic hydroxyl groups excluding tert-OH is 1. The molecule has 1 rings (SSSR count). The molecule has 0 saturated carbocycles. The third kappa shape index (κ3) is 2.61. The summed E-state index contributed by atoms with van der Waals surface area (Å²) in [4.78, 5) is 2.71. The van der Waals surface area contributed by atoms with E-state index in [1.807, 2.05) is 11.3 Å². The normalized spacial score (nSPS) is 12.0. The van der Waals surface area contributed by atoms with E-state index in [0.29, 0.717) is 0 Å². The highest BCUT2D eigenvalue weighted by Gasteiger charge is 2.17. The van der Waals surface area contributed by atoms with Crippen LogP contribution in [0, 0.1) is 12.3 Å². The SMILES string of the molecule is Cc1ccc(CC(C)(C)CO)s1. The maximum atomic E-state index is 9.07. The highest BCUT2D eigenvalue weighted by Crippen LogP contribution is 2.25. The lowest BCUT2D eigenvalue weighted by atomic mass is 9.90. The Morgan fingerprint density at radius 3 is 2.50 bits per heavy atom. The summed E-state index contributed by atoms with van der Waals surface area (Å²) in [6.45, 7) is 6.54. The molecule has 1 aromatic rings. The largest absolute Gasteiger partial charge is 0.396 e. The van der Waals surface area contributed by atoms with Gasteiger partial charge >= 0.3 is 0 Å². The van der Waals surface area contributed by atoms with E-state index in [0.717, 1.165) is 6.42 Å². The fraction of sp³-hybridized carbons (Fsp3) is 0.600. The van der Waals surface area contributed by atoms with Crippen LogP contribution in [0.1, 0.15) is 23.6 Å². The van der Waals surface area contributed by atoms with Gasteiger partial charge in [-0.15, -0.1) is 11.3 Å². The first-order chi connectivity index (χ1) is 5.53. The van der Waals surface area contributed by atoms with Crippen LogP contribution in [0.25, 0.3) is 0 Å². The zero-order valence-corrected chi connectivity index (χ0v) is 8.74. The molecule has 12 heavy (non-hydrogen) atoms. The number of aryl methyl sites for hydroxylation is 1. The van der Waals surface area contributed by atoms with E-state index in [2.05, 4.69) is 32.9 Å². The second-order valence-corrected chi connectivity index (χ2v) is 5.38. The van der Waals surface area contributed by atoms with Crippen molar-refractivity contribution in [3.05, 3.63) is 21.9 Å². The first-order valence-corrected chi connectivity index (χ1v) is 5.01. The van der Waals surface area contributed by atoms with Gasteiger partial charge in [-0.05, 0) is 30.9 Å². The molecule has 1 heterocycles. The molecule has 1 nitrogen and oxygen atoms in total. The van der Waals surface area contributed by atoms with Gasteiger partial charge in [-0.1, -0.05) is 13.8 Å². The Bertz CT molecular complexity index is 250. The molecule has 68 valence electrons. The van der Waals surface area contributed by atoms with Crippen LogP contribution in [0.2, 0.25) is 0 Å². The molecule has 0 aliphatic heterocycles. The second kappa shape index (κ2) is 3.58. The number of aliphatic hydroxyl groups is 1. The van der Waals surface area contributed by atoms with Crippen molar-refractivity contribution >= 4 is 11.3 Å². The van der Waals surface area contributed by atoms with E-state index in [1.54, 1.807) is 0 Å². The fourth-order valence-corrected chi connectivity index (χ4v) is 2.26. The maximum Gasteiger partial charge on any atom is 0.0485 e. The number of thiophene rings is 1. The van der Waals surface area contributed by atoms with Gasteiger partial charge in [-0.3, -0.25) is 0 Å². The van der Waals surface area contributed by atoms with E-state index in [4.69, 9.17) is 5.11 Å². The molecule has 0 fully saturated rings. The molecule has 1 N–H and O–H groups in total. The quantitative estimate of drug-likeness (QED) is 0.765. The first kappa shape index (κ1) is 9.75. The maximum absolute atomic E-state index is 9.07. The van der Waals surface area contributed by atoms with E-state index in [1.165, 1.54) is 9.75 Å². The third-order valence-electron chi connectivity index (χ3n) is 1.88. The van der Waals surface area contributed by atoms with Crippen molar-refractivity contribution in [3.63, 3.8) is 0 Å². The molecule has 0 bridgehead atoms. The van der Waals surface area contributed by atoms with Gasteiger partial charge in [0.2, 0.25) is 0 Å². The van der Waals surface area contributed by atoms with Crippen molar-refractivity contribution in [2.45, 2.75) is 27.2 Å². The molecule has 0 spiro atoms. The van der Waals surface area contributed by atoms with Gasteiger partial charge in [0.05, 0.1) is 0 Å². The molecule has 0 saturated heterocycles. The minimum absolute atomic E-state index is 0.0251. The fourth-order valence-electron chi connectivity index (χ4n) is 1.11. The average molecular weight is 184 g/mol.